The van der Waals surface area contributed by atoms with E-state index in [9.17, 15) is 8.78 Å². The summed E-state index contributed by atoms with van der Waals surface area (Å²) in [4.78, 5) is 6.59. The van der Waals surface area contributed by atoms with Crippen LogP contribution < -0.4 is 15.8 Å². The fraction of sp³-hybridized carbons (Fsp3) is 0.652. The Morgan fingerprint density at radius 3 is 2.62 bits per heavy atom. The molecule has 0 aromatic carbocycles. The monoisotopic (exact) mass is 447 g/mol. The van der Waals surface area contributed by atoms with Crippen LogP contribution in [0.1, 0.15) is 37.7 Å². The molecule has 0 bridgehead atoms. The summed E-state index contributed by atoms with van der Waals surface area (Å²) in [5.74, 6) is 1.21. The Labute approximate surface area is 186 Å². The summed E-state index contributed by atoms with van der Waals surface area (Å²) < 4.78 is 35.5. The predicted octanol–water partition coefficient (Wildman–Crippen LogP) is 3.12. The summed E-state index contributed by atoms with van der Waals surface area (Å²) >= 11 is 0. The zero-order valence-corrected chi connectivity index (χ0v) is 18.1. The van der Waals surface area contributed by atoms with E-state index >= 15 is 0 Å². The Bertz CT molecular complexity index is 873. The number of aromatic nitrogens is 1. The molecule has 0 spiro atoms. The average molecular weight is 448 g/mol. The Balaban J connectivity index is 1.29. The molecule has 4 fully saturated rings. The summed E-state index contributed by atoms with van der Waals surface area (Å²) in [5, 5.41) is 12.3. The summed E-state index contributed by atoms with van der Waals surface area (Å²) in [7, 11) is 0. The molecule has 1 aliphatic heterocycles. The fourth-order valence-electron chi connectivity index (χ4n) is 5.54. The van der Waals surface area contributed by atoms with E-state index in [4.69, 9.17) is 15.9 Å². The quantitative estimate of drug-likeness (QED) is 0.530. The number of nitrogens with one attached hydrogen (secondary N) is 2. The molecule has 2 heterocycles. The van der Waals surface area contributed by atoms with Crippen molar-refractivity contribution >= 4 is 17.2 Å². The number of hydrogen-bond acceptors (Lipinski definition) is 7. The van der Waals surface area contributed by atoms with E-state index in [0.717, 1.165) is 64.1 Å². The van der Waals surface area contributed by atoms with Crippen LogP contribution in [0.15, 0.2) is 18.3 Å². The minimum absolute atomic E-state index is 0.0713. The molecule has 1 unspecified atom stereocenters. The average Bonchev–Trinajstić information content (AvgIpc) is 3.25. The number of morpholine rings is 1. The fourth-order valence-corrected chi connectivity index (χ4v) is 5.54. The third kappa shape index (κ3) is 4.45. The van der Waals surface area contributed by atoms with Crippen LogP contribution in [0.2, 0.25) is 0 Å². The highest BCUT2D eigenvalue weighted by atomic mass is 19.3. The molecule has 0 amide bonds. The van der Waals surface area contributed by atoms with Crippen LogP contribution in [0.4, 0.5) is 14.6 Å². The maximum Gasteiger partial charge on any atom is 0.387 e. The highest BCUT2D eigenvalue weighted by molar-refractivity contribution is 6.02. The van der Waals surface area contributed by atoms with Crippen molar-refractivity contribution in [1.82, 2.24) is 15.2 Å². The van der Waals surface area contributed by atoms with Gasteiger partial charge in [-0.05, 0) is 56.1 Å². The molecular formula is C23H31F2N5O2. The van der Waals surface area contributed by atoms with Gasteiger partial charge in [-0.15, -0.1) is 0 Å². The number of ether oxygens (including phenoxy) is 2. The summed E-state index contributed by atoms with van der Waals surface area (Å²) in [6.45, 7) is 0.682. The van der Waals surface area contributed by atoms with E-state index in [-0.39, 0.29) is 17.5 Å². The number of allylic oxidation sites excluding steroid dienone is 1. The van der Waals surface area contributed by atoms with E-state index in [2.05, 4.69) is 19.9 Å². The Kier molecular flexibility index (Phi) is 6.03. The molecule has 4 atom stereocenters. The molecule has 3 aliphatic carbocycles. The molecule has 4 aliphatic rings. The Morgan fingerprint density at radius 2 is 2.00 bits per heavy atom. The standard InChI is InChI=1S/C23H31F2N5O2/c24-23(25)32-20-8-13(12-28-22(20)27)19(29-14-2-1-3-14)11-18(26)21-16-9-15(10-17(16)21)30-4-6-31-7-5-30/h8,11-12,14-17,21,23,26,29H,1-7,9-10H2,(H2,27,28)/b19-11-,26-18?/t15?,16-,17+,21+. The van der Waals surface area contributed by atoms with Crippen LogP contribution >= 0.6 is 0 Å². The van der Waals surface area contributed by atoms with Gasteiger partial charge >= 0.3 is 6.61 Å². The first-order valence-corrected chi connectivity index (χ1v) is 11.6. The van der Waals surface area contributed by atoms with E-state index in [0.29, 0.717) is 35.2 Å². The van der Waals surface area contributed by atoms with Crippen molar-refractivity contribution < 1.29 is 18.3 Å². The van der Waals surface area contributed by atoms with Crippen molar-refractivity contribution in [3.05, 3.63) is 23.9 Å². The summed E-state index contributed by atoms with van der Waals surface area (Å²) in [5.41, 5.74) is 7.67. The third-order valence-electron chi connectivity index (χ3n) is 7.51. The van der Waals surface area contributed by atoms with Gasteiger partial charge in [-0.3, -0.25) is 4.90 Å². The molecule has 1 aromatic heterocycles. The van der Waals surface area contributed by atoms with Crippen LogP contribution in [0.5, 0.6) is 5.75 Å². The second kappa shape index (κ2) is 8.94. The van der Waals surface area contributed by atoms with Crippen LogP contribution in [-0.2, 0) is 4.74 Å². The molecule has 32 heavy (non-hydrogen) atoms. The highest BCUT2D eigenvalue weighted by Crippen LogP contribution is 2.59. The van der Waals surface area contributed by atoms with Gasteiger partial charge in [-0.1, -0.05) is 0 Å². The largest absolute Gasteiger partial charge is 0.431 e. The lowest BCUT2D eigenvalue weighted by atomic mass is 9.92. The van der Waals surface area contributed by atoms with Crippen molar-refractivity contribution in [2.75, 3.05) is 32.0 Å². The van der Waals surface area contributed by atoms with Gasteiger partial charge in [0.25, 0.3) is 0 Å². The van der Waals surface area contributed by atoms with Crippen LogP contribution in [0.3, 0.4) is 0 Å². The number of nitrogen functional groups attached to an aromatic ring is 1. The number of anilines is 1. The molecule has 174 valence electrons. The van der Waals surface area contributed by atoms with E-state index in [1.165, 1.54) is 6.07 Å². The Morgan fingerprint density at radius 1 is 1.28 bits per heavy atom. The van der Waals surface area contributed by atoms with Gasteiger partial charge in [0.2, 0.25) is 0 Å². The molecule has 1 saturated heterocycles. The first-order valence-electron chi connectivity index (χ1n) is 11.6. The van der Waals surface area contributed by atoms with Gasteiger partial charge in [0.15, 0.2) is 11.6 Å². The number of pyridine rings is 1. The van der Waals surface area contributed by atoms with Crippen LogP contribution in [0, 0.1) is 23.2 Å². The van der Waals surface area contributed by atoms with Gasteiger partial charge in [-0.25, -0.2) is 4.98 Å². The SMILES string of the molecule is N=C(/C=C(\NC1CCC1)c1cnc(N)c(OC(F)F)c1)[C@H]1[C@@H]2CC(N3CCOCC3)C[C@@H]21. The predicted molar refractivity (Wildman–Crippen MR) is 118 cm³/mol. The second-order valence-corrected chi connectivity index (χ2v) is 9.40. The third-order valence-corrected chi connectivity index (χ3v) is 7.51. The van der Waals surface area contributed by atoms with Crippen molar-refractivity contribution in [2.24, 2.45) is 17.8 Å². The van der Waals surface area contributed by atoms with E-state index in [1.807, 2.05) is 6.08 Å². The number of nitrogens with zero attached hydrogens (tertiary/aromatic N) is 2. The Hall–Kier alpha value is -2.26. The lowest BCUT2D eigenvalue weighted by Crippen LogP contribution is -2.43. The molecule has 0 radical (unpaired) electrons. The van der Waals surface area contributed by atoms with E-state index < -0.39 is 6.61 Å². The van der Waals surface area contributed by atoms with Gasteiger partial charge < -0.3 is 25.9 Å². The minimum atomic E-state index is -2.97. The van der Waals surface area contributed by atoms with Crippen molar-refractivity contribution in [1.29, 1.82) is 5.41 Å². The second-order valence-electron chi connectivity index (χ2n) is 9.40. The summed E-state index contributed by atoms with van der Waals surface area (Å²) in [6, 6.07) is 2.43. The van der Waals surface area contributed by atoms with Gasteiger partial charge in [0.1, 0.15) is 0 Å². The lowest BCUT2D eigenvalue weighted by molar-refractivity contribution is -0.0495. The molecule has 4 N–H and O–H groups in total. The number of rotatable bonds is 8. The van der Waals surface area contributed by atoms with Gasteiger partial charge in [0.05, 0.1) is 13.2 Å². The maximum atomic E-state index is 12.7. The maximum absolute atomic E-state index is 12.7. The first-order chi connectivity index (χ1) is 15.5. The molecule has 9 heteroatoms. The number of halogens is 2. The topological polar surface area (TPSA) is 96.5 Å². The van der Waals surface area contributed by atoms with E-state index in [1.54, 1.807) is 6.20 Å². The zero-order chi connectivity index (χ0) is 22.2. The zero-order valence-electron chi connectivity index (χ0n) is 18.1. The van der Waals surface area contributed by atoms with Crippen LogP contribution in [0.25, 0.3) is 5.70 Å². The number of alkyl halides is 2. The molecular weight excluding hydrogens is 416 g/mol. The van der Waals surface area contributed by atoms with Gasteiger partial charge in [-0.2, -0.15) is 8.78 Å². The smallest absolute Gasteiger partial charge is 0.387 e. The van der Waals surface area contributed by atoms with Gasteiger partial charge in [0, 0.05) is 54.3 Å². The van der Waals surface area contributed by atoms with Crippen molar-refractivity contribution in [3.63, 3.8) is 0 Å². The lowest BCUT2D eigenvalue weighted by Gasteiger charge is -2.33. The summed E-state index contributed by atoms with van der Waals surface area (Å²) in [6.07, 6.45) is 9.00. The molecule has 5 rings (SSSR count). The normalized spacial score (nSPS) is 30.7. The number of nitrogens with two attached hydrogens (primary N) is 1. The first kappa shape index (κ1) is 21.6. The van der Waals surface area contributed by atoms with Crippen LogP contribution in [-0.4, -0.2) is 60.6 Å². The molecule has 7 nitrogen and oxygen atoms in total. The molecule has 3 saturated carbocycles. The minimum Gasteiger partial charge on any atom is -0.431 e. The number of fused-ring (bicyclic) bond motifs is 1. The highest BCUT2D eigenvalue weighted by Gasteiger charge is 2.58. The molecule has 1 aromatic rings. The van der Waals surface area contributed by atoms with Crippen molar-refractivity contribution in [2.45, 2.75) is 50.8 Å². The number of hydrogen-bond donors (Lipinski definition) is 3. The van der Waals surface area contributed by atoms with Crippen molar-refractivity contribution in [3.8, 4) is 5.75 Å².